The number of phenols is 1. The average Bonchev–Trinajstić information content (AvgIpc) is 2.72. The first-order chi connectivity index (χ1) is 9.15. The van der Waals surface area contributed by atoms with Crippen LogP contribution >= 0.6 is 0 Å². The summed E-state index contributed by atoms with van der Waals surface area (Å²) in [5.74, 6) is 3.62. The highest BCUT2D eigenvalue weighted by atomic mass is 16.3. The van der Waals surface area contributed by atoms with Gasteiger partial charge in [-0.2, -0.15) is 0 Å². The molecule has 19 heavy (non-hydrogen) atoms. The molecule has 0 saturated carbocycles. The first kappa shape index (κ1) is 14.0. The van der Waals surface area contributed by atoms with Crippen LogP contribution in [0, 0.1) is 19.3 Å². The van der Waals surface area contributed by atoms with Crippen molar-refractivity contribution in [1.82, 2.24) is 5.32 Å². The molecule has 1 aromatic carbocycles. The number of aryl methyl sites for hydroxylation is 1. The Bertz CT molecular complexity index is 487. The standard InChI is InChI=1S/C17H23NO/c1-4-5-6-7-10-18-14-11-13(3)16-12(2)8-9-15(19)17(14)16/h1,8-9,13-14,18-19H,5-7,10-11H2,2-3H3. The molecule has 2 unspecified atom stereocenters. The van der Waals surface area contributed by atoms with E-state index < -0.39 is 0 Å². The summed E-state index contributed by atoms with van der Waals surface area (Å²) in [5, 5.41) is 13.7. The lowest BCUT2D eigenvalue weighted by atomic mass is 9.97. The number of hydrogen-bond donors (Lipinski definition) is 2. The molecule has 0 aromatic heterocycles. The third-order valence-corrected chi connectivity index (χ3v) is 4.05. The molecule has 1 aromatic rings. The van der Waals surface area contributed by atoms with Crippen LogP contribution in [0.5, 0.6) is 5.75 Å². The molecule has 0 bridgehead atoms. The van der Waals surface area contributed by atoms with Crippen molar-refractivity contribution in [1.29, 1.82) is 0 Å². The van der Waals surface area contributed by atoms with E-state index in [0.29, 0.717) is 11.7 Å². The van der Waals surface area contributed by atoms with Crippen LogP contribution in [0.15, 0.2) is 12.1 Å². The second kappa shape index (κ2) is 6.12. The molecule has 102 valence electrons. The molecule has 0 fully saturated rings. The Morgan fingerprint density at radius 1 is 1.37 bits per heavy atom. The first-order valence-corrected chi connectivity index (χ1v) is 7.14. The summed E-state index contributed by atoms with van der Waals surface area (Å²) in [6.45, 7) is 5.33. The van der Waals surface area contributed by atoms with Crippen molar-refractivity contribution in [3.05, 3.63) is 28.8 Å². The summed E-state index contributed by atoms with van der Waals surface area (Å²) in [4.78, 5) is 0. The highest BCUT2D eigenvalue weighted by Crippen LogP contribution is 2.45. The Morgan fingerprint density at radius 3 is 2.89 bits per heavy atom. The number of benzene rings is 1. The zero-order chi connectivity index (χ0) is 13.8. The highest BCUT2D eigenvalue weighted by molar-refractivity contribution is 5.50. The molecule has 2 atom stereocenters. The van der Waals surface area contributed by atoms with Gasteiger partial charge in [0, 0.05) is 18.0 Å². The van der Waals surface area contributed by atoms with E-state index >= 15 is 0 Å². The second-order valence-electron chi connectivity index (χ2n) is 5.53. The number of fused-ring (bicyclic) bond motifs is 1. The normalized spacial score (nSPS) is 21.1. The van der Waals surface area contributed by atoms with Crippen molar-refractivity contribution in [2.24, 2.45) is 0 Å². The Kier molecular flexibility index (Phi) is 4.50. The van der Waals surface area contributed by atoms with Gasteiger partial charge in [-0.1, -0.05) is 13.0 Å². The van der Waals surface area contributed by atoms with Gasteiger partial charge in [-0.3, -0.25) is 0 Å². The number of rotatable bonds is 5. The Morgan fingerprint density at radius 2 is 2.16 bits per heavy atom. The van der Waals surface area contributed by atoms with Gasteiger partial charge < -0.3 is 10.4 Å². The van der Waals surface area contributed by atoms with E-state index in [1.165, 1.54) is 11.1 Å². The van der Waals surface area contributed by atoms with Gasteiger partial charge >= 0.3 is 0 Å². The minimum Gasteiger partial charge on any atom is -0.508 e. The molecular weight excluding hydrogens is 234 g/mol. The number of terminal acetylenes is 1. The van der Waals surface area contributed by atoms with Crippen molar-refractivity contribution < 1.29 is 5.11 Å². The largest absolute Gasteiger partial charge is 0.508 e. The summed E-state index contributed by atoms with van der Waals surface area (Å²) in [7, 11) is 0. The minimum atomic E-state index is 0.288. The van der Waals surface area contributed by atoms with Gasteiger partial charge in [-0.15, -0.1) is 12.3 Å². The van der Waals surface area contributed by atoms with Gasteiger partial charge in [-0.05, 0) is 55.8 Å². The van der Waals surface area contributed by atoms with Crippen molar-refractivity contribution >= 4 is 0 Å². The van der Waals surface area contributed by atoms with E-state index in [1.54, 1.807) is 0 Å². The molecule has 2 rings (SSSR count). The SMILES string of the molecule is C#CCCCCNC1CC(C)c2c(C)ccc(O)c21. The molecule has 1 aliphatic carbocycles. The summed E-state index contributed by atoms with van der Waals surface area (Å²) in [5.41, 5.74) is 3.74. The van der Waals surface area contributed by atoms with Gasteiger partial charge in [-0.25, -0.2) is 0 Å². The third-order valence-electron chi connectivity index (χ3n) is 4.05. The minimum absolute atomic E-state index is 0.288. The van der Waals surface area contributed by atoms with Gasteiger partial charge in [0.05, 0.1) is 0 Å². The predicted octanol–water partition coefficient (Wildman–Crippen LogP) is 3.64. The maximum absolute atomic E-state index is 10.1. The summed E-state index contributed by atoms with van der Waals surface area (Å²) in [6.07, 6.45) is 9.33. The number of hydrogen-bond acceptors (Lipinski definition) is 2. The molecule has 0 aliphatic heterocycles. The summed E-state index contributed by atoms with van der Waals surface area (Å²) < 4.78 is 0. The van der Waals surface area contributed by atoms with E-state index in [9.17, 15) is 5.11 Å². The van der Waals surface area contributed by atoms with Crippen LogP contribution in [0.4, 0.5) is 0 Å². The van der Waals surface area contributed by atoms with E-state index in [4.69, 9.17) is 6.42 Å². The smallest absolute Gasteiger partial charge is 0.120 e. The van der Waals surface area contributed by atoms with E-state index in [0.717, 1.165) is 37.8 Å². The van der Waals surface area contributed by atoms with Crippen LogP contribution < -0.4 is 5.32 Å². The number of unbranched alkanes of at least 4 members (excludes halogenated alkanes) is 2. The molecular formula is C17H23NO. The maximum Gasteiger partial charge on any atom is 0.120 e. The summed E-state index contributed by atoms with van der Waals surface area (Å²) in [6, 6.07) is 4.12. The Balaban J connectivity index is 2.03. The van der Waals surface area contributed by atoms with E-state index in [-0.39, 0.29) is 6.04 Å². The molecule has 0 heterocycles. The number of phenolic OH excluding ortho intramolecular Hbond substituents is 1. The van der Waals surface area contributed by atoms with E-state index in [2.05, 4.69) is 25.1 Å². The molecule has 0 saturated heterocycles. The fourth-order valence-electron chi connectivity index (χ4n) is 3.16. The van der Waals surface area contributed by atoms with Crippen LogP contribution in [0.3, 0.4) is 0 Å². The van der Waals surface area contributed by atoms with Crippen LogP contribution in [0.25, 0.3) is 0 Å². The zero-order valence-corrected chi connectivity index (χ0v) is 11.9. The Labute approximate surface area is 116 Å². The van der Waals surface area contributed by atoms with Crippen LogP contribution in [-0.4, -0.2) is 11.7 Å². The quantitative estimate of drug-likeness (QED) is 0.623. The molecule has 2 heteroatoms. The molecule has 2 N–H and O–H groups in total. The monoisotopic (exact) mass is 257 g/mol. The molecule has 1 aliphatic rings. The lowest BCUT2D eigenvalue weighted by molar-refractivity contribution is 0.443. The van der Waals surface area contributed by atoms with Gasteiger partial charge in [0.2, 0.25) is 0 Å². The zero-order valence-electron chi connectivity index (χ0n) is 11.9. The second-order valence-corrected chi connectivity index (χ2v) is 5.53. The molecule has 0 amide bonds. The molecule has 0 spiro atoms. The summed E-state index contributed by atoms with van der Waals surface area (Å²) >= 11 is 0. The number of aromatic hydroxyl groups is 1. The van der Waals surface area contributed by atoms with Gasteiger partial charge in [0.25, 0.3) is 0 Å². The highest BCUT2D eigenvalue weighted by Gasteiger charge is 2.31. The molecule has 0 radical (unpaired) electrons. The maximum atomic E-state index is 10.1. The van der Waals surface area contributed by atoms with Crippen molar-refractivity contribution in [2.75, 3.05) is 6.54 Å². The van der Waals surface area contributed by atoms with E-state index in [1.807, 2.05) is 12.1 Å². The fraction of sp³-hybridized carbons (Fsp3) is 0.529. The van der Waals surface area contributed by atoms with Crippen LogP contribution in [0.1, 0.15) is 61.3 Å². The predicted molar refractivity (Wildman–Crippen MR) is 79.3 cm³/mol. The molecule has 2 nitrogen and oxygen atoms in total. The van der Waals surface area contributed by atoms with Crippen molar-refractivity contribution in [3.63, 3.8) is 0 Å². The first-order valence-electron chi connectivity index (χ1n) is 7.14. The fourth-order valence-corrected chi connectivity index (χ4v) is 3.16. The van der Waals surface area contributed by atoms with Crippen molar-refractivity contribution in [3.8, 4) is 18.1 Å². The average molecular weight is 257 g/mol. The number of nitrogens with one attached hydrogen (secondary N) is 1. The Hall–Kier alpha value is -1.46. The van der Waals surface area contributed by atoms with Gasteiger partial charge in [0.1, 0.15) is 5.75 Å². The van der Waals surface area contributed by atoms with Gasteiger partial charge in [0.15, 0.2) is 0 Å². The lowest BCUT2D eigenvalue weighted by Gasteiger charge is -2.15. The van der Waals surface area contributed by atoms with Crippen LogP contribution in [-0.2, 0) is 0 Å². The lowest BCUT2D eigenvalue weighted by Crippen LogP contribution is -2.20. The van der Waals surface area contributed by atoms with Crippen LogP contribution in [0.2, 0.25) is 0 Å². The third kappa shape index (κ3) is 2.93. The van der Waals surface area contributed by atoms with Crippen molar-refractivity contribution in [2.45, 2.75) is 51.5 Å². The topological polar surface area (TPSA) is 32.3 Å².